The van der Waals surface area contributed by atoms with Gasteiger partial charge in [-0.2, -0.15) is 11.8 Å². The van der Waals surface area contributed by atoms with Gasteiger partial charge in [-0.1, -0.05) is 24.6 Å². The number of nitrogens with zero attached hydrogens (tertiary/aromatic N) is 1. The van der Waals surface area contributed by atoms with E-state index in [1.54, 1.807) is 0 Å². The van der Waals surface area contributed by atoms with E-state index in [1.807, 2.05) is 11.8 Å². The summed E-state index contributed by atoms with van der Waals surface area (Å²) in [5.74, 6) is 1.29. The molecule has 0 unspecified atom stereocenters. The molecule has 0 amide bonds. The van der Waals surface area contributed by atoms with Crippen LogP contribution in [0.3, 0.4) is 0 Å². The van der Waals surface area contributed by atoms with Crippen LogP contribution in [-0.4, -0.2) is 23.1 Å². The molecule has 110 valence electrons. The minimum absolute atomic E-state index is 0.972. The van der Waals surface area contributed by atoms with E-state index >= 15 is 0 Å². The van der Waals surface area contributed by atoms with Crippen LogP contribution in [0.15, 0.2) is 24.3 Å². The summed E-state index contributed by atoms with van der Waals surface area (Å²) in [6.45, 7) is 4.33. The Hall–Kier alpha value is -0.930. The first-order valence-corrected chi connectivity index (χ1v) is 8.87. The van der Waals surface area contributed by atoms with E-state index in [9.17, 15) is 0 Å². The van der Waals surface area contributed by atoms with Crippen LogP contribution in [0.25, 0.3) is 10.9 Å². The molecule has 0 fully saturated rings. The Labute approximate surface area is 126 Å². The largest absolute Gasteiger partial charge is 0.346 e. The zero-order valence-electron chi connectivity index (χ0n) is 12.9. The first-order valence-electron chi connectivity index (χ1n) is 7.48. The summed E-state index contributed by atoms with van der Waals surface area (Å²) in [4.78, 5) is 0. The molecule has 20 heavy (non-hydrogen) atoms. The van der Waals surface area contributed by atoms with E-state index in [0.717, 1.165) is 13.1 Å². The lowest BCUT2D eigenvalue weighted by molar-refractivity contribution is 0.602. The second-order valence-corrected chi connectivity index (χ2v) is 6.36. The molecular formula is C17H26N2S. The Morgan fingerprint density at radius 2 is 1.95 bits per heavy atom. The zero-order valence-corrected chi connectivity index (χ0v) is 13.7. The van der Waals surface area contributed by atoms with E-state index < -0.39 is 0 Å². The number of hydrogen-bond donors (Lipinski definition) is 1. The molecule has 2 nitrogen and oxygen atoms in total. The highest BCUT2D eigenvalue weighted by Crippen LogP contribution is 2.24. The molecule has 0 radical (unpaired) electrons. The molecule has 1 aromatic heterocycles. The van der Waals surface area contributed by atoms with Crippen molar-refractivity contribution in [2.75, 3.05) is 18.6 Å². The van der Waals surface area contributed by atoms with Crippen LogP contribution in [0.4, 0.5) is 0 Å². The third-order valence-electron chi connectivity index (χ3n) is 4.00. The van der Waals surface area contributed by atoms with Gasteiger partial charge in [0.1, 0.15) is 0 Å². The molecular weight excluding hydrogens is 264 g/mol. The van der Waals surface area contributed by atoms with Crippen LogP contribution in [0.1, 0.15) is 30.5 Å². The fraction of sp³-hybridized carbons (Fsp3) is 0.529. The fourth-order valence-corrected chi connectivity index (χ4v) is 3.26. The van der Waals surface area contributed by atoms with Gasteiger partial charge in [-0.15, -0.1) is 0 Å². The molecule has 0 spiro atoms. The minimum atomic E-state index is 0.972. The SMILES string of the molecule is CSCCCCCNCc1c(C)c2ccccc2n1C. The molecule has 1 heterocycles. The molecule has 0 saturated heterocycles. The Balaban J connectivity index is 1.87. The average Bonchev–Trinajstić information content (AvgIpc) is 2.71. The molecule has 2 rings (SSSR count). The maximum atomic E-state index is 3.59. The van der Waals surface area contributed by atoms with Gasteiger partial charge in [0.05, 0.1) is 0 Å². The molecule has 3 heteroatoms. The van der Waals surface area contributed by atoms with Crippen molar-refractivity contribution in [3.05, 3.63) is 35.5 Å². The molecule has 2 aromatic rings. The first kappa shape index (κ1) is 15.5. The van der Waals surface area contributed by atoms with E-state index in [-0.39, 0.29) is 0 Å². The molecule has 0 aliphatic heterocycles. The maximum absolute atomic E-state index is 3.59. The summed E-state index contributed by atoms with van der Waals surface area (Å²) in [6, 6.07) is 8.66. The van der Waals surface area contributed by atoms with Crippen LogP contribution in [0.5, 0.6) is 0 Å². The van der Waals surface area contributed by atoms with E-state index in [4.69, 9.17) is 0 Å². The topological polar surface area (TPSA) is 17.0 Å². The van der Waals surface area contributed by atoms with Crippen molar-refractivity contribution < 1.29 is 0 Å². The number of fused-ring (bicyclic) bond motifs is 1. The van der Waals surface area contributed by atoms with E-state index in [1.165, 1.54) is 47.2 Å². The van der Waals surface area contributed by atoms with E-state index in [2.05, 4.69) is 54.4 Å². The number of aryl methyl sites for hydroxylation is 2. The van der Waals surface area contributed by atoms with Gasteiger partial charge in [-0.3, -0.25) is 0 Å². The predicted molar refractivity (Wildman–Crippen MR) is 91.6 cm³/mol. The molecule has 0 bridgehead atoms. The van der Waals surface area contributed by atoms with Gasteiger partial charge in [-0.25, -0.2) is 0 Å². The van der Waals surface area contributed by atoms with Crippen molar-refractivity contribution in [1.82, 2.24) is 9.88 Å². The molecule has 0 aliphatic rings. The van der Waals surface area contributed by atoms with Crippen molar-refractivity contribution in [2.24, 2.45) is 7.05 Å². The number of nitrogens with one attached hydrogen (secondary N) is 1. The highest BCUT2D eigenvalue weighted by molar-refractivity contribution is 7.98. The number of benzene rings is 1. The summed E-state index contributed by atoms with van der Waals surface area (Å²) < 4.78 is 2.32. The van der Waals surface area contributed by atoms with Gasteiger partial charge in [-0.05, 0) is 49.9 Å². The Bertz CT molecular complexity index is 506. The van der Waals surface area contributed by atoms with Crippen LogP contribution >= 0.6 is 11.8 Å². The molecule has 1 N–H and O–H groups in total. The van der Waals surface area contributed by atoms with Crippen molar-refractivity contribution in [2.45, 2.75) is 32.7 Å². The third kappa shape index (κ3) is 3.58. The summed E-state index contributed by atoms with van der Waals surface area (Å²) in [5.41, 5.74) is 4.16. The lowest BCUT2D eigenvalue weighted by atomic mass is 10.1. The van der Waals surface area contributed by atoms with Gasteiger partial charge in [0.2, 0.25) is 0 Å². The van der Waals surface area contributed by atoms with Crippen molar-refractivity contribution in [3.63, 3.8) is 0 Å². The lowest BCUT2D eigenvalue weighted by Crippen LogP contribution is -2.17. The van der Waals surface area contributed by atoms with Crippen LogP contribution in [0, 0.1) is 6.92 Å². The second-order valence-electron chi connectivity index (χ2n) is 5.38. The van der Waals surface area contributed by atoms with Gasteiger partial charge in [0, 0.05) is 30.2 Å². The third-order valence-corrected chi connectivity index (χ3v) is 4.70. The van der Waals surface area contributed by atoms with Gasteiger partial charge < -0.3 is 9.88 Å². The number of hydrogen-bond acceptors (Lipinski definition) is 2. The van der Waals surface area contributed by atoms with Crippen LogP contribution in [0.2, 0.25) is 0 Å². The molecule has 0 aliphatic carbocycles. The Kier molecular flexibility index (Phi) is 5.99. The fourth-order valence-electron chi connectivity index (χ4n) is 2.77. The van der Waals surface area contributed by atoms with Crippen LogP contribution in [-0.2, 0) is 13.6 Å². The Morgan fingerprint density at radius 1 is 1.15 bits per heavy atom. The summed E-state index contributed by atoms with van der Waals surface area (Å²) in [5, 5.41) is 4.97. The first-order chi connectivity index (χ1) is 9.75. The normalized spacial score (nSPS) is 11.3. The summed E-state index contributed by atoms with van der Waals surface area (Å²) in [7, 11) is 2.17. The zero-order chi connectivity index (χ0) is 14.4. The molecule has 0 saturated carbocycles. The molecule has 1 aromatic carbocycles. The highest BCUT2D eigenvalue weighted by atomic mass is 32.2. The molecule has 0 atom stereocenters. The van der Waals surface area contributed by atoms with Gasteiger partial charge in [0.15, 0.2) is 0 Å². The predicted octanol–water partition coefficient (Wildman–Crippen LogP) is 4.11. The second kappa shape index (κ2) is 7.75. The van der Waals surface area contributed by atoms with Gasteiger partial charge >= 0.3 is 0 Å². The quantitative estimate of drug-likeness (QED) is 0.737. The monoisotopic (exact) mass is 290 g/mol. The minimum Gasteiger partial charge on any atom is -0.346 e. The number of rotatable bonds is 8. The summed E-state index contributed by atoms with van der Waals surface area (Å²) in [6.07, 6.45) is 6.14. The maximum Gasteiger partial charge on any atom is 0.0483 e. The average molecular weight is 290 g/mol. The highest BCUT2D eigenvalue weighted by Gasteiger charge is 2.10. The van der Waals surface area contributed by atoms with Crippen molar-refractivity contribution in [1.29, 1.82) is 0 Å². The lowest BCUT2D eigenvalue weighted by Gasteiger charge is -2.08. The van der Waals surface area contributed by atoms with Crippen LogP contribution < -0.4 is 5.32 Å². The standard InChI is InChI=1S/C17H26N2S/c1-14-15-9-5-6-10-16(15)19(2)17(14)13-18-11-7-4-8-12-20-3/h5-6,9-10,18H,4,7-8,11-13H2,1-3H3. The number of aromatic nitrogens is 1. The van der Waals surface area contributed by atoms with Crippen molar-refractivity contribution in [3.8, 4) is 0 Å². The number of thioether (sulfide) groups is 1. The van der Waals surface area contributed by atoms with Gasteiger partial charge in [0.25, 0.3) is 0 Å². The Morgan fingerprint density at radius 3 is 2.70 bits per heavy atom. The van der Waals surface area contributed by atoms with Crippen molar-refractivity contribution >= 4 is 22.7 Å². The van der Waals surface area contributed by atoms with E-state index in [0.29, 0.717) is 0 Å². The summed E-state index contributed by atoms with van der Waals surface area (Å²) >= 11 is 1.94. The number of unbranched alkanes of at least 4 members (excludes halogenated alkanes) is 2. The number of para-hydroxylation sites is 1. The smallest absolute Gasteiger partial charge is 0.0483 e.